The molecule has 1 aliphatic heterocycles. The van der Waals surface area contributed by atoms with Crippen molar-refractivity contribution in [2.24, 2.45) is 0 Å². The first-order chi connectivity index (χ1) is 15.4. The zero-order valence-corrected chi connectivity index (χ0v) is 18.8. The fourth-order valence-electron chi connectivity index (χ4n) is 3.85. The van der Waals surface area contributed by atoms with E-state index in [1.54, 1.807) is 30.3 Å². The lowest BCUT2D eigenvalue weighted by Crippen LogP contribution is -2.47. The molecule has 4 rings (SSSR count). The zero-order chi connectivity index (χ0) is 22.7. The van der Waals surface area contributed by atoms with Crippen molar-refractivity contribution < 1.29 is 14.0 Å². The summed E-state index contributed by atoms with van der Waals surface area (Å²) in [5.41, 5.74) is 0.825. The molecule has 168 valence electrons. The monoisotopic (exact) mass is 455 g/mol. The molecular weight excluding hydrogens is 430 g/mol. The summed E-state index contributed by atoms with van der Waals surface area (Å²) in [4.78, 5) is 32.1. The number of urea groups is 1. The number of carbonyl (C=O) groups excluding carboxylic acids is 2. The van der Waals surface area contributed by atoms with Crippen LogP contribution in [0, 0.1) is 0 Å². The quantitative estimate of drug-likeness (QED) is 0.516. The fourth-order valence-corrected chi connectivity index (χ4v) is 3.96. The van der Waals surface area contributed by atoms with E-state index in [0.29, 0.717) is 33.5 Å². The number of hydrogen-bond acceptors (Lipinski definition) is 5. The first-order valence-corrected chi connectivity index (χ1v) is 11.0. The van der Waals surface area contributed by atoms with Gasteiger partial charge in [0.1, 0.15) is 17.1 Å². The third-order valence-corrected chi connectivity index (χ3v) is 5.83. The van der Waals surface area contributed by atoms with Gasteiger partial charge in [-0.1, -0.05) is 23.7 Å². The van der Waals surface area contributed by atoms with Crippen LogP contribution >= 0.6 is 11.6 Å². The van der Waals surface area contributed by atoms with Gasteiger partial charge in [-0.3, -0.25) is 4.79 Å². The number of anilines is 2. The van der Waals surface area contributed by atoms with Crippen molar-refractivity contribution in [1.29, 1.82) is 0 Å². The number of benzene rings is 1. The third kappa shape index (κ3) is 5.03. The summed E-state index contributed by atoms with van der Waals surface area (Å²) >= 11 is 5.85. The van der Waals surface area contributed by atoms with Crippen LogP contribution in [0.1, 0.15) is 37.2 Å². The second-order valence-electron chi connectivity index (χ2n) is 8.12. The molecule has 0 spiro atoms. The largest absolute Gasteiger partial charge is 0.449 e. The van der Waals surface area contributed by atoms with E-state index in [1.165, 1.54) is 6.20 Å². The van der Waals surface area contributed by atoms with E-state index in [4.69, 9.17) is 16.0 Å². The van der Waals surface area contributed by atoms with Crippen molar-refractivity contribution in [3.63, 3.8) is 0 Å². The Labute approximate surface area is 191 Å². The molecule has 3 N–H and O–H groups in total. The molecule has 9 heteroatoms. The number of halogens is 1. The van der Waals surface area contributed by atoms with E-state index in [1.807, 2.05) is 6.07 Å². The number of carbonyl (C=O) groups is 2. The molecule has 8 nitrogen and oxygen atoms in total. The van der Waals surface area contributed by atoms with Crippen molar-refractivity contribution >= 4 is 46.0 Å². The summed E-state index contributed by atoms with van der Waals surface area (Å²) in [6.45, 7) is 6.24. The van der Waals surface area contributed by atoms with Crippen LogP contribution < -0.4 is 16.0 Å². The summed E-state index contributed by atoms with van der Waals surface area (Å²) < 4.78 is 5.77. The average molecular weight is 456 g/mol. The molecular formula is C23H26ClN5O3. The molecule has 0 aliphatic carbocycles. The van der Waals surface area contributed by atoms with Crippen molar-refractivity contribution in [1.82, 2.24) is 15.2 Å². The van der Waals surface area contributed by atoms with E-state index in [9.17, 15) is 9.59 Å². The van der Waals surface area contributed by atoms with E-state index in [-0.39, 0.29) is 17.8 Å². The van der Waals surface area contributed by atoms with Gasteiger partial charge in [-0.25, -0.2) is 9.78 Å². The Bertz CT molecular complexity index is 1100. The summed E-state index contributed by atoms with van der Waals surface area (Å²) in [6, 6.07) is 10.6. The maximum absolute atomic E-state index is 12.9. The lowest BCUT2D eigenvalue weighted by molar-refractivity contribution is 0.0999. The summed E-state index contributed by atoms with van der Waals surface area (Å²) in [5.74, 6) is -0.184. The van der Waals surface area contributed by atoms with E-state index in [2.05, 4.69) is 39.7 Å². The Morgan fingerprint density at radius 1 is 1.12 bits per heavy atom. The first kappa shape index (κ1) is 22.1. The lowest BCUT2D eigenvalue weighted by Gasteiger charge is -2.34. The molecule has 1 aliphatic rings. The molecule has 3 heterocycles. The van der Waals surface area contributed by atoms with Crippen molar-refractivity contribution in [3.8, 4) is 0 Å². The summed E-state index contributed by atoms with van der Waals surface area (Å²) in [5, 5.41) is 9.64. The molecule has 0 radical (unpaired) electrons. The SMILES string of the molecule is CC(C)N1CCC(NC(=O)Nc2c(C(=O)Nc3ccc(Cl)cn3)oc3ccccc23)CC1. The lowest BCUT2D eigenvalue weighted by atomic mass is 10.0. The van der Waals surface area contributed by atoms with Gasteiger partial charge in [0, 0.05) is 36.8 Å². The highest BCUT2D eigenvalue weighted by Gasteiger charge is 2.25. The maximum Gasteiger partial charge on any atom is 0.319 e. The van der Waals surface area contributed by atoms with Crippen molar-refractivity contribution in [2.75, 3.05) is 23.7 Å². The molecule has 32 heavy (non-hydrogen) atoms. The molecule has 1 saturated heterocycles. The average Bonchev–Trinajstić information content (AvgIpc) is 3.14. The van der Waals surface area contributed by atoms with Crippen LogP contribution in [-0.4, -0.2) is 47.0 Å². The highest BCUT2D eigenvalue weighted by atomic mass is 35.5. The van der Waals surface area contributed by atoms with Crippen LogP contribution in [0.2, 0.25) is 5.02 Å². The predicted molar refractivity (Wildman–Crippen MR) is 125 cm³/mol. The number of rotatable bonds is 5. The van der Waals surface area contributed by atoms with Crippen molar-refractivity contribution in [2.45, 2.75) is 38.8 Å². The molecule has 3 amide bonds. The highest BCUT2D eigenvalue weighted by molar-refractivity contribution is 6.30. The highest BCUT2D eigenvalue weighted by Crippen LogP contribution is 2.31. The fraction of sp³-hybridized carbons (Fsp3) is 0.348. The number of nitrogens with zero attached hydrogens (tertiary/aromatic N) is 2. The Morgan fingerprint density at radius 3 is 2.56 bits per heavy atom. The second kappa shape index (κ2) is 9.58. The topological polar surface area (TPSA) is 99.5 Å². The number of para-hydroxylation sites is 1. The smallest absolute Gasteiger partial charge is 0.319 e. The Hall–Kier alpha value is -3.10. The van der Waals surface area contributed by atoms with Crippen LogP contribution in [0.3, 0.4) is 0 Å². The number of nitrogens with one attached hydrogen (secondary N) is 3. The van der Waals surface area contributed by atoms with E-state index >= 15 is 0 Å². The molecule has 1 fully saturated rings. The molecule has 0 atom stereocenters. The first-order valence-electron chi connectivity index (χ1n) is 10.7. The van der Waals surface area contributed by atoms with Gasteiger partial charge in [0.25, 0.3) is 5.91 Å². The maximum atomic E-state index is 12.9. The predicted octanol–water partition coefficient (Wildman–Crippen LogP) is 4.73. The van der Waals surface area contributed by atoms with E-state index in [0.717, 1.165) is 25.9 Å². The Kier molecular flexibility index (Phi) is 6.62. The number of likely N-dealkylation sites (tertiary alicyclic amines) is 1. The number of fused-ring (bicyclic) bond motifs is 1. The normalized spacial score (nSPS) is 15.1. The molecule has 0 unspecified atom stereocenters. The van der Waals surface area contributed by atoms with Crippen LogP contribution in [-0.2, 0) is 0 Å². The number of piperidine rings is 1. The van der Waals surface area contributed by atoms with Crippen LogP contribution in [0.25, 0.3) is 11.0 Å². The van der Waals surface area contributed by atoms with Gasteiger partial charge >= 0.3 is 6.03 Å². The molecule has 0 bridgehead atoms. The summed E-state index contributed by atoms with van der Waals surface area (Å²) in [7, 11) is 0. The molecule has 1 aromatic carbocycles. The van der Waals surface area contributed by atoms with E-state index < -0.39 is 5.91 Å². The Balaban J connectivity index is 1.49. The van der Waals surface area contributed by atoms with Gasteiger partial charge in [-0.15, -0.1) is 0 Å². The van der Waals surface area contributed by atoms with Gasteiger partial charge in [0.2, 0.25) is 5.76 Å². The van der Waals surface area contributed by atoms with Gasteiger partial charge in [0.15, 0.2) is 0 Å². The summed E-state index contributed by atoms with van der Waals surface area (Å²) in [6.07, 6.45) is 3.20. The van der Waals surface area contributed by atoms with Gasteiger partial charge < -0.3 is 25.3 Å². The van der Waals surface area contributed by atoms with Crippen LogP contribution in [0.5, 0.6) is 0 Å². The number of furan rings is 1. The minimum atomic E-state index is -0.517. The zero-order valence-electron chi connectivity index (χ0n) is 18.0. The Morgan fingerprint density at radius 2 is 1.88 bits per heavy atom. The molecule has 0 saturated carbocycles. The van der Waals surface area contributed by atoms with Gasteiger partial charge in [0.05, 0.1) is 5.02 Å². The third-order valence-electron chi connectivity index (χ3n) is 5.60. The van der Waals surface area contributed by atoms with Gasteiger partial charge in [-0.05, 0) is 51.0 Å². The number of amides is 3. The van der Waals surface area contributed by atoms with Crippen LogP contribution in [0.15, 0.2) is 47.0 Å². The van der Waals surface area contributed by atoms with Gasteiger partial charge in [-0.2, -0.15) is 0 Å². The van der Waals surface area contributed by atoms with Crippen molar-refractivity contribution in [3.05, 3.63) is 53.4 Å². The standard InChI is InChI=1S/C23H26ClN5O3/c1-14(2)29-11-9-16(10-12-29)26-23(31)28-20-17-5-3-4-6-18(17)32-21(20)22(30)27-19-8-7-15(24)13-25-19/h3-8,13-14,16H,9-12H2,1-2H3,(H,25,27,30)(H2,26,28,31). The minimum absolute atomic E-state index is 0.00715. The molecule has 2 aromatic heterocycles. The number of aromatic nitrogens is 1. The minimum Gasteiger partial charge on any atom is -0.449 e. The molecule has 3 aromatic rings. The van der Waals surface area contributed by atoms with Crippen LogP contribution in [0.4, 0.5) is 16.3 Å². The second-order valence-corrected chi connectivity index (χ2v) is 8.56. The number of hydrogen-bond donors (Lipinski definition) is 3. The number of pyridine rings is 1.